The van der Waals surface area contributed by atoms with E-state index in [4.69, 9.17) is 25.8 Å². The summed E-state index contributed by atoms with van der Waals surface area (Å²) in [4.78, 5) is 12.8. The van der Waals surface area contributed by atoms with E-state index < -0.39 is 0 Å². The highest BCUT2D eigenvalue weighted by Gasteiger charge is 2.20. The van der Waals surface area contributed by atoms with E-state index in [0.717, 1.165) is 5.56 Å². The Morgan fingerprint density at radius 2 is 1.56 bits per heavy atom. The van der Waals surface area contributed by atoms with Crippen LogP contribution in [0.1, 0.15) is 49.7 Å². The Labute approximate surface area is 165 Å². The maximum atomic E-state index is 12.8. The molecule has 27 heavy (non-hydrogen) atoms. The fourth-order valence-electron chi connectivity index (χ4n) is 2.70. The van der Waals surface area contributed by atoms with Crippen molar-refractivity contribution in [1.29, 1.82) is 0 Å². The highest BCUT2D eigenvalue weighted by molar-refractivity contribution is 6.31. The van der Waals surface area contributed by atoms with Crippen LogP contribution in [-0.4, -0.2) is 25.7 Å². The van der Waals surface area contributed by atoms with Gasteiger partial charge in [-0.15, -0.1) is 0 Å². The van der Waals surface area contributed by atoms with E-state index in [1.807, 2.05) is 45.9 Å². The molecule has 0 heterocycles. The SMILES string of the molecule is CCOc1cc(C(=O)NC(C)c2ccccc2Cl)cc(OCC)c1OCC. The zero-order valence-corrected chi connectivity index (χ0v) is 16.9. The molecular weight excluding hydrogens is 366 g/mol. The summed E-state index contributed by atoms with van der Waals surface area (Å²) >= 11 is 6.23. The van der Waals surface area contributed by atoms with Crippen molar-refractivity contribution >= 4 is 17.5 Å². The zero-order chi connectivity index (χ0) is 19.8. The predicted octanol–water partition coefficient (Wildman–Crippen LogP) is 5.03. The Morgan fingerprint density at radius 1 is 1.00 bits per heavy atom. The van der Waals surface area contributed by atoms with Gasteiger partial charge in [0.15, 0.2) is 11.5 Å². The van der Waals surface area contributed by atoms with Gasteiger partial charge in [0.2, 0.25) is 5.75 Å². The number of carbonyl (C=O) groups excluding carboxylic acids is 1. The molecule has 0 aliphatic rings. The minimum atomic E-state index is -0.246. The van der Waals surface area contributed by atoms with Gasteiger partial charge in [-0.1, -0.05) is 29.8 Å². The summed E-state index contributed by atoms with van der Waals surface area (Å²) in [6.07, 6.45) is 0. The van der Waals surface area contributed by atoms with Crippen LogP contribution in [0.25, 0.3) is 0 Å². The van der Waals surface area contributed by atoms with E-state index in [1.165, 1.54) is 0 Å². The van der Waals surface area contributed by atoms with E-state index in [9.17, 15) is 4.79 Å². The summed E-state index contributed by atoms with van der Waals surface area (Å²) < 4.78 is 17.0. The van der Waals surface area contributed by atoms with Crippen molar-refractivity contribution in [3.63, 3.8) is 0 Å². The lowest BCUT2D eigenvalue weighted by Gasteiger charge is -2.19. The molecule has 2 rings (SSSR count). The van der Waals surface area contributed by atoms with Crippen LogP contribution >= 0.6 is 11.6 Å². The molecule has 0 spiro atoms. The van der Waals surface area contributed by atoms with Crippen LogP contribution in [0.4, 0.5) is 0 Å². The number of hydrogen-bond donors (Lipinski definition) is 1. The molecule has 0 aliphatic heterocycles. The highest BCUT2D eigenvalue weighted by Crippen LogP contribution is 2.39. The number of halogens is 1. The van der Waals surface area contributed by atoms with Gasteiger partial charge >= 0.3 is 0 Å². The van der Waals surface area contributed by atoms with E-state index in [-0.39, 0.29) is 11.9 Å². The summed E-state index contributed by atoms with van der Waals surface area (Å²) in [5, 5.41) is 3.58. The van der Waals surface area contributed by atoms with Gasteiger partial charge in [-0.2, -0.15) is 0 Å². The number of nitrogens with one attached hydrogen (secondary N) is 1. The van der Waals surface area contributed by atoms with E-state index in [2.05, 4.69) is 5.32 Å². The van der Waals surface area contributed by atoms with Crippen LogP contribution in [0.5, 0.6) is 17.2 Å². The van der Waals surface area contributed by atoms with Crippen molar-refractivity contribution in [3.8, 4) is 17.2 Å². The smallest absolute Gasteiger partial charge is 0.252 e. The molecule has 0 aliphatic carbocycles. The number of hydrogen-bond acceptors (Lipinski definition) is 4. The molecular formula is C21H26ClNO4. The molecule has 5 nitrogen and oxygen atoms in total. The molecule has 2 aromatic rings. The summed E-state index contributed by atoms with van der Waals surface area (Å²) in [6.45, 7) is 8.90. The number of benzene rings is 2. The second kappa shape index (κ2) is 10.1. The van der Waals surface area contributed by atoms with Crippen molar-refractivity contribution in [3.05, 3.63) is 52.5 Å². The maximum absolute atomic E-state index is 12.8. The van der Waals surface area contributed by atoms with Crippen molar-refractivity contribution in [2.45, 2.75) is 33.7 Å². The fraction of sp³-hybridized carbons (Fsp3) is 0.381. The summed E-state index contributed by atoms with van der Waals surface area (Å²) in [6, 6.07) is 10.5. The van der Waals surface area contributed by atoms with Crippen LogP contribution in [0.3, 0.4) is 0 Å². The maximum Gasteiger partial charge on any atom is 0.252 e. The molecule has 0 bridgehead atoms. The third kappa shape index (κ3) is 5.30. The van der Waals surface area contributed by atoms with Gasteiger partial charge in [0.25, 0.3) is 5.91 Å². The molecule has 0 radical (unpaired) electrons. The molecule has 1 atom stereocenters. The van der Waals surface area contributed by atoms with Crippen molar-refractivity contribution < 1.29 is 19.0 Å². The standard InChI is InChI=1S/C21H26ClNO4/c1-5-25-18-12-15(13-19(26-6-2)20(18)27-7-3)21(24)23-14(4)16-10-8-9-11-17(16)22/h8-14H,5-7H2,1-4H3,(H,23,24). The first-order valence-electron chi connectivity index (χ1n) is 9.13. The Hall–Kier alpha value is -2.40. The molecule has 2 aromatic carbocycles. The number of amides is 1. The first kappa shape index (κ1) is 20.9. The van der Waals surface area contributed by atoms with Crippen LogP contribution in [0.15, 0.2) is 36.4 Å². The van der Waals surface area contributed by atoms with E-state index >= 15 is 0 Å². The van der Waals surface area contributed by atoms with Crippen molar-refractivity contribution in [2.24, 2.45) is 0 Å². The average molecular weight is 392 g/mol. The third-order valence-corrected chi connectivity index (χ3v) is 4.23. The van der Waals surface area contributed by atoms with Crippen LogP contribution in [-0.2, 0) is 0 Å². The van der Waals surface area contributed by atoms with Gasteiger partial charge in [0.05, 0.1) is 25.9 Å². The van der Waals surface area contributed by atoms with E-state index in [0.29, 0.717) is 47.7 Å². The van der Waals surface area contributed by atoms with Crippen LogP contribution in [0.2, 0.25) is 5.02 Å². The molecule has 0 saturated heterocycles. The normalized spacial score (nSPS) is 11.6. The summed E-state index contributed by atoms with van der Waals surface area (Å²) in [5.74, 6) is 1.24. The number of ether oxygens (including phenoxy) is 3. The third-order valence-electron chi connectivity index (χ3n) is 3.89. The molecule has 1 amide bonds. The minimum Gasteiger partial charge on any atom is -0.490 e. The first-order valence-corrected chi connectivity index (χ1v) is 9.51. The van der Waals surface area contributed by atoms with Gasteiger partial charge < -0.3 is 19.5 Å². The predicted molar refractivity (Wildman–Crippen MR) is 107 cm³/mol. The molecule has 0 saturated carbocycles. The lowest BCUT2D eigenvalue weighted by atomic mass is 10.1. The lowest BCUT2D eigenvalue weighted by molar-refractivity contribution is 0.0938. The lowest BCUT2D eigenvalue weighted by Crippen LogP contribution is -2.27. The summed E-state index contributed by atoms with van der Waals surface area (Å²) in [5.41, 5.74) is 1.29. The topological polar surface area (TPSA) is 56.8 Å². The van der Waals surface area contributed by atoms with Gasteiger partial charge in [0.1, 0.15) is 0 Å². The quantitative estimate of drug-likeness (QED) is 0.651. The van der Waals surface area contributed by atoms with Crippen molar-refractivity contribution in [1.82, 2.24) is 5.32 Å². The second-order valence-corrected chi connectivity index (χ2v) is 6.22. The Bertz CT molecular complexity index is 752. The highest BCUT2D eigenvalue weighted by atomic mass is 35.5. The van der Waals surface area contributed by atoms with Gasteiger partial charge in [-0.25, -0.2) is 0 Å². The second-order valence-electron chi connectivity index (χ2n) is 5.82. The first-order chi connectivity index (χ1) is 13.0. The monoisotopic (exact) mass is 391 g/mol. The summed E-state index contributed by atoms with van der Waals surface area (Å²) in [7, 11) is 0. The Kier molecular flexibility index (Phi) is 7.80. The molecule has 0 aromatic heterocycles. The molecule has 1 unspecified atom stereocenters. The van der Waals surface area contributed by atoms with Gasteiger partial charge in [-0.3, -0.25) is 4.79 Å². The molecule has 0 fully saturated rings. The van der Waals surface area contributed by atoms with Crippen LogP contribution in [0, 0.1) is 0 Å². The number of rotatable bonds is 9. The van der Waals surface area contributed by atoms with Crippen LogP contribution < -0.4 is 19.5 Å². The fourth-order valence-corrected chi connectivity index (χ4v) is 3.00. The van der Waals surface area contributed by atoms with Gasteiger partial charge in [0, 0.05) is 10.6 Å². The molecule has 6 heteroatoms. The molecule has 1 N–H and O–H groups in total. The molecule has 146 valence electrons. The average Bonchev–Trinajstić information content (AvgIpc) is 2.64. The van der Waals surface area contributed by atoms with Crippen molar-refractivity contribution in [2.75, 3.05) is 19.8 Å². The Balaban J connectivity index is 2.32. The zero-order valence-electron chi connectivity index (χ0n) is 16.2. The largest absolute Gasteiger partial charge is 0.490 e. The van der Waals surface area contributed by atoms with Gasteiger partial charge in [-0.05, 0) is 51.5 Å². The number of carbonyl (C=O) groups is 1. The minimum absolute atomic E-state index is 0.243. The van der Waals surface area contributed by atoms with E-state index in [1.54, 1.807) is 18.2 Å². The Morgan fingerprint density at radius 3 is 2.07 bits per heavy atom.